The van der Waals surface area contributed by atoms with E-state index in [9.17, 15) is 14.0 Å². The number of aliphatic carboxylic acids is 1. The molecule has 0 aromatic rings. The summed E-state index contributed by atoms with van der Waals surface area (Å²) in [6, 6.07) is 0. The van der Waals surface area contributed by atoms with E-state index in [2.05, 4.69) is 6.58 Å². The molecule has 0 amide bonds. The highest BCUT2D eigenvalue weighted by molar-refractivity contribution is 6.08. The van der Waals surface area contributed by atoms with Crippen LogP contribution in [0.4, 0.5) is 4.39 Å². The van der Waals surface area contributed by atoms with E-state index < -0.39 is 23.7 Å². The molecule has 1 unspecified atom stereocenters. The molecule has 10 heavy (non-hydrogen) atoms. The van der Waals surface area contributed by atoms with Gasteiger partial charge in [-0.1, -0.05) is 6.58 Å². The predicted octanol–water partition coefficient (Wildman–Crippen LogP) is -0.516. The van der Waals surface area contributed by atoms with Crippen LogP contribution >= 0.6 is 0 Å². The van der Waals surface area contributed by atoms with Crippen LogP contribution in [0, 0.1) is 0 Å². The van der Waals surface area contributed by atoms with E-state index >= 15 is 0 Å². The fourth-order valence-corrected chi connectivity index (χ4v) is 0.260. The van der Waals surface area contributed by atoms with E-state index in [1.165, 1.54) is 0 Å². The number of halogens is 1. The summed E-state index contributed by atoms with van der Waals surface area (Å²) in [5.74, 6) is -4.77. The van der Waals surface area contributed by atoms with Crippen LogP contribution in [0.3, 0.4) is 0 Å². The van der Waals surface area contributed by atoms with E-state index in [4.69, 9.17) is 10.2 Å². The molecule has 0 spiro atoms. The van der Waals surface area contributed by atoms with Gasteiger partial charge in [0.25, 0.3) is 0 Å². The molecule has 0 aromatic heterocycles. The lowest BCUT2D eigenvalue weighted by atomic mass is 10.2. The Kier molecular flexibility index (Phi) is 2.69. The quantitative estimate of drug-likeness (QED) is 0.417. The monoisotopic (exact) mass is 148 g/mol. The van der Waals surface area contributed by atoms with Crippen molar-refractivity contribution in [1.82, 2.24) is 0 Å². The number of ketones is 1. The first-order chi connectivity index (χ1) is 4.46. The lowest BCUT2D eigenvalue weighted by Gasteiger charge is -1.99. The van der Waals surface area contributed by atoms with Crippen LogP contribution in [-0.2, 0) is 9.59 Å². The number of carbonyl (C=O) groups is 2. The normalized spacial score (nSPS) is 12.2. The Hall–Kier alpha value is -1.23. The molecule has 0 fully saturated rings. The Labute approximate surface area is 55.6 Å². The lowest BCUT2D eigenvalue weighted by molar-refractivity contribution is -0.151. The van der Waals surface area contributed by atoms with Crippen molar-refractivity contribution < 1.29 is 24.2 Å². The molecule has 0 aliphatic heterocycles. The molecule has 0 aliphatic carbocycles. The fourth-order valence-electron chi connectivity index (χ4n) is 0.260. The summed E-state index contributed by atoms with van der Waals surface area (Å²) in [6.07, 6.45) is -2.34. The van der Waals surface area contributed by atoms with Crippen LogP contribution in [-0.4, -0.2) is 28.1 Å². The van der Waals surface area contributed by atoms with E-state index in [0.29, 0.717) is 0 Å². The number of hydrogen-bond acceptors (Lipinski definition) is 3. The van der Waals surface area contributed by atoms with Crippen LogP contribution in [0.1, 0.15) is 0 Å². The number of carboxylic acid groups (broad SMARTS) is 1. The minimum atomic E-state index is -2.34. The molecule has 2 N–H and O–H groups in total. The molecule has 0 saturated carbocycles. The van der Waals surface area contributed by atoms with Gasteiger partial charge in [0.1, 0.15) is 0 Å². The van der Waals surface area contributed by atoms with E-state index in [1.807, 2.05) is 0 Å². The van der Waals surface area contributed by atoms with Gasteiger partial charge in [0.05, 0.1) is 0 Å². The highest BCUT2D eigenvalue weighted by atomic mass is 19.1. The van der Waals surface area contributed by atoms with Gasteiger partial charge in [-0.3, -0.25) is 4.79 Å². The van der Waals surface area contributed by atoms with Crippen LogP contribution in [0.5, 0.6) is 0 Å². The molecule has 0 radical (unpaired) electrons. The van der Waals surface area contributed by atoms with Gasteiger partial charge in [-0.2, -0.15) is 0 Å². The summed E-state index contributed by atoms with van der Waals surface area (Å²) < 4.78 is 11.7. The molecule has 4 nitrogen and oxygen atoms in total. The zero-order valence-corrected chi connectivity index (χ0v) is 4.87. The Morgan fingerprint density at radius 3 is 2.00 bits per heavy atom. The molecular weight excluding hydrogens is 143 g/mol. The minimum Gasteiger partial charge on any atom is -0.479 e. The molecule has 0 heterocycles. The molecule has 0 aromatic carbocycles. The van der Waals surface area contributed by atoms with E-state index in [-0.39, 0.29) is 0 Å². The summed E-state index contributed by atoms with van der Waals surface area (Å²) in [7, 11) is 0. The van der Waals surface area contributed by atoms with Crippen molar-refractivity contribution in [3.05, 3.63) is 12.4 Å². The number of carboxylic acids is 1. The molecule has 0 rings (SSSR count). The highest BCUT2D eigenvalue weighted by Crippen LogP contribution is 1.98. The van der Waals surface area contributed by atoms with Crippen molar-refractivity contribution in [1.29, 1.82) is 0 Å². The Bertz CT molecular complexity index is 186. The van der Waals surface area contributed by atoms with Crippen LogP contribution in [0.2, 0.25) is 0 Å². The second kappa shape index (κ2) is 3.07. The van der Waals surface area contributed by atoms with Gasteiger partial charge in [0.2, 0.25) is 11.9 Å². The van der Waals surface area contributed by atoms with Crippen molar-refractivity contribution >= 4 is 11.8 Å². The second-order valence-corrected chi connectivity index (χ2v) is 1.51. The van der Waals surface area contributed by atoms with Crippen LogP contribution in [0.25, 0.3) is 0 Å². The maximum Gasteiger partial charge on any atom is 0.340 e. The summed E-state index contributed by atoms with van der Waals surface area (Å²) in [5, 5.41) is 16.2. The van der Waals surface area contributed by atoms with Gasteiger partial charge >= 0.3 is 5.97 Å². The molecule has 1 atom stereocenters. The first-order valence-electron chi connectivity index (χ1n) is 2.26. The summed E-state index contributed by atoms with van der Waals surface area (Å²) in [5.41, 5.74) is 0. The largest absolute Gasteiger partial charge is 0.479 e. The first kappa shape index (κ1) is 8.77. The van der Waals surface area contributed by atoms with Gasteiger partial charge in [0, 0.05) is 0 Å². The molecule has 56 valence electrons. The van der Waals surface area contributed by atoms with E-state index in [1.54, 1.807) is 0 Å². The van der Waals surface area contributed by atoms with Gasteiger partial charge in [0.15, 0.2) is 5.83 Å². The maximum atomic E-state index is 11.7. The zero-order valence-electron chi connectivity index (χ0n) is 4.87. The van der Waals surface area contributed by atoms with Crippen molar-refractivity contribution in [3.8, 4) is 0 Å². The Morgan fingerprint density at radius 2 is 1.90 bits per heavy atom. The summed E-state index contributed by atoms with van der Waals surface area (Å²) >= 11 is 0. The van der Waals surface area contributed by atoms with Crippen molar-refractivity contribution in [2.75, 3.05) is 0 Å². The van der Waals surface area contributed by atoms with Crippen molar-refractivity contribution in [2.45, 2.75) is 6.10 Å². The summed E-state index contributed by atoms with van der Waals surface area (Å²) in [6.45, 7) is 2.52. The minimum absolute atomic E-state index is 1.46. The molecule has 0 aliphatic rings. The third-order valence-corrected chi connectivity index (χ3v) is 0.750. The predicted molar refractivity (Wildman–Crippen MR) is 28.9 cm³/mol. The van der Waals surface area contributed by atoms with E-state index in [0.717, 1.165) is 0 Å². The first-order valence-corrected chi connectivity index (χ1v) is 2.26. The molecular formula is C5H5FO4. The molecule has 0 saturated heterocycles. The highest BCUT2D eigenvalue weighted by Gasteiger charge is 2.24. The molecule has 5 heteroatoms. The SMILES string of the molecule is C=C(F)C(=O)C(O)C(=O)O. The number of rotatable bonds is 3. The topological polar surface area (TPSA) is 74.6 Å². The standard InChI is InChI=1S/C5H5FO4/c1-2(6)3(7)4(8)5(9)10/h4,8H,1H2,(H,9,10). The van der Waals surface area contributed by atoms with Crippen LogP contribution < -0.4 is 0 Å². The van der Waals surface area contributed by atoms with Crippen LogP contribution in [0.15, 0.2) is 12.4 Å². The average Bonchev–Trinajstić information content (AvgIpc) is 1.84. The fraction of sp³-hybridized carbons (Fsp3) is 0.200. The lowest BCUT2D eigenvalue weighted by Crippen LogP contribution is -2.29. The van der Waals surface area contributed by atoms with Crippen molar-refractivity contribution in [2.24, 2.45) is 0 Å². The van der Waals surface area contributed by atoms with Gasteiger partial charge in [-0.15, -0.1) is 0 Å². The van der Waals surface area contributed by atoms with Gasteiger partial charge < -0.3 is 10.2 Å². The number of aliphatic hydroxyl groups excluding tert-OH is 1. The third kappa shape index (κ3) is 1.94. The number of Topliss-reactive ketones (excluding diaryl/α,β-unsaturated/α-hetero) is 1. The van der Waals surface area contributed by atoms with Gasteiger partial charge in [-0.25, -0.2) is 9.18 Å². The average molecular weight is 148 g/mol. The molecule has 0 bridgehead atoms. The zero-order chi connectivity index (χ0) is 8.31. The smallest absolute Gasteiger partial charge is 0.340 e. The number of hydrogen-bond donors (Lipinski definition) is 2. The maximum absolute atomic E-state index is 11.7. The third-order valence-electron chi connectivity index (χ3n) is 0.750. The number of carbonyl (C=O) groups excluding carboxylic acids is 1. The Balaban J connectivity index is 4.22. The Morgan fingerprint density at radius 1 is 1.50 bits per heavy atom. The van der Waals surface area contributed by atoms with Gasteiger partial charge in [-0.05, 0) is 0 Å². The van der Waals surface area contributed by atoms with Crippen molar-refractivity contribution in [3.63, 3.8) is 0 Å². The summed E-state index contributed by atoms with van der Waals surface area (Å²) in [4.78, 5) is 19.9. The number of aliphatic hydroxyl groups is 1. The second-order valence-electron chi connectivity index (χ2n) is 1.51.